The SMILES string of the molecule is O=C(NCc1cccc(-c2ccc3ncnc(NC4CC4)c3c2)c1)c1ccco1. The lowest BCUT2D eigenvalue weighted by atomic mass is 10.0. The predicted molar refractivity (Wildman–Crippen MR) is 111 cm³/mol. The Hall–Kier alpha value is -3.67. The molecular formula is C23H20N4O2. The summed E-state index contributed by atoms with van der Waals surface area (Å²) in [7, 11) is 0. The van der Waals surface area contributed by atoms with Crippen LogP contribution >= 0.6 is 0 Å². The number of fused-ring (bicyclic) bond motifs is 1. The normalized spacial score (nSPS) is 13.4. The zero-order valence-electron chi connectivity index (χ0n) is 15.8. The van der Waals surface area contributed by atoms with Gasteiger partial charge in [0.25, 0.3) is 5.91 Å². The fourth-order valence-corrected chi connectivity index (χ4v) is 3.31. The van der Waals surface area contributed by atoms with Crippen LogP contribution in [0, 0.1) is 0 Å². The van der Waals surface area contributed by atoms with Gasteiger partial charge in [-0.15, -0.1) is 0 Å². The van der Waals surface area contributed by atoms with Gasteiger partial charge in [-0.25, -0.2) is 9.97 Å². The molecule has 0 spiro atoms. The van der Waals surface area contributed by atoms with Gasteiger partial charge < -0.3 is 15.1 Å². The highest BCUT2D eigenvalue weighted by Crippen LogP contribution is 2.30. The van der Waals surface area contributed by atoms with Crippen LogP contribution in [0.25, 0.3) is 22.0 Å². The predicted octanol–water partition coefficient (Wildman–Crippen LogP) is 4.39. The van der Waals surface area contributed by atoms with Gasteiger partial charge in [0.1, 0.15) is 12.1 Å². The highest BCUT2D eigenvalue weighted by Gasteiger charge is 2.22. The Morgan fingerprint density at radius 1 is 1.03 bits per heavy atom. The number of nitrogens with zero attached hydrogens (tertiary/aromatic N) is 2. The van der Waals surface area contributed by atoms with Crippen molar-refractivity contribution in [3.63, 3.8) is 0 Å². The smallest absolute Gasteiger partial charge is 0.287 e. The van der Waals surface area contributed by atoms with Crippen LogP contribution in [0.3, 0.4) is 0 Å². The van der Waals surface area contributed by atoms with E-state index in [1.807, 2.05) is 18.2 Å². The molecule has 2 aromatic heterocycles. The molecule has 6 nitrogen and oxygen atoms in total. The van der Waals surface area contributed by atoms with Crippen LogP contribution in [0.15, 0.2) is 71.6 Å². The number of hydrogen-bond donors (Lipinski definition) is 2. The number of nitrogens with one attached hydrogen (secondary N) is 2. The fraction of sp³-hybridized carbons (Fsp3) is 0.174. The molecule has 1 fully saturated rings. The number of amides is 1. The molecule has 0 unspecified atom stereocenters. The van der Waals surface area contributed by atoms with E-state index in [4.69, 9.17) is 4.42 Å². The van der Waals surface area contributed by atoms with Gasteiger partial charge in [-0.2, -0.15) is 0 Å². The second-order valence-corrected chi connectivity index (χ2v) is 7.23. The minimum absolute atomic E-state index is 0.223. The van der Waals surface area contributed by atoms with Gasteiger partial charge in [0, 0.05) is 18.0 Å². The third-order valence-corrected chi connectivity index (χ3v) is 5.01. The standard InChI is InChI=1S/C23H20N4O2/c28-23(21-5-2-10-29-21)24-13-15-3-1-4-16(11-15)17-6-9-20-19(12-17)22(26-14-25-20)27-18-7-8-18/h1-6,9-12,14,18H,7-8,13H2,(H,24,28)(H,25,26,27). The van der Waals surface area contributed by atoms with Gasteiger partial charge in [0.2, 0.25) is 0 Å². The van der Waals surface area contributed by atoms with Crippen molar-refractivity contribution in [2.24, 2.45) is 0 Å². The molecule has 29 heavy (non-hydrogen) atoms. The minimum atomic E-state index is -0.223. The molecule has 4 aromatic rings. The first-order valence-corrected chi connectivity index (χ1v) is 9.68. The molecule has 0 bridgehead atoms. The number of aromatic nitrogens is 2. The molecule has 1 aliphatic rings. The molecule has 0 aliphatic heterocycles. The molecule has 0 atom stereocenters. The molecular weight excluding hydrogens is 364 g/mol. The van der Waals surface area contributed by atoms with E-state index in [0.29, 0.717) is 18.3 Å². The summed E-state index contributed by atoms with van der Waals surface area (Å²) in [6.07, 6.45) is 5.48. The van der Waals surface area contributed by atoms with E-state index in [2.05, 4.69) is 44.9 Å². The lowest BCUT2D eigenvalue weighted by Gasteiger charge is -2.10. The molecule has 144 valence electrons. The number of hydrogen-bond acceptors (Lipinski definition) is 5. The highest BCUT2D eigenvalue weighted by molar-refractivity contribution is 5.93. The monoisotopic (exact) mass is 384 g/mol. The summed E-state index contributed by atoms with van der Waals surface area (Å²) in [6.45, 7) is 0.429. The Kier molecular flexibility index (Phi) is 4.44. The van der Waals surface area contributed by atoms with Crippen molar-refractivity contribution < 1.29 is 9.21 Å². The Morgan fingerprint density at radius 2 is 1.93 bits per heavy atom. The lowest BCUT2D eigenvalue weighted by Crippen LogP contribution is -2.22. The maximum Gasteiger partial charge on any atom is 0.287 e. The van der Waals surface area contributed by atoms with Crippen molar-refractivity contribution in [2.45, 2.75) is 25.4 Å². The lowest BCUT2D eigenvalue weighted by molar-refractivity contribution is 0.0923. The van der Waals surface area contributed by atoms with Crippen LogP contribution < -0.4 is 10.6 Å². The van der Waals surface area contributed by atoms with Crippen LogP contribution in [-0.4, -0.2) is 21.9 Å². The molecule has 0 saturated heterocycles. The Balaban J connectivity index is 1.39. The van der Waals surface area contributed by atoms with Crippen molar-refractivity contribution in [1.82, 2.24) is 15.3 Å². The van der Waals surface area contributed by atoms with E-state index in [0.717, 1.165) is 33.4 Å². The number of benzene rings is 2. The summed E-state index contributed by atoms with van der Waals surface area (Å²) in [4.78, 5) is 20.9. The van der Waals surface area contributed by atoms with Gasteiger partial charge in [-0.3, -0.25) is 4.79 Å². The minimum Gasteiger partial charge on any atom is -0.459 e. The summed E-state index contributed by atoms with van der Waals surface area (Å²) in [5, 5.41) is 7.39. The highest BCUT2D eigenvalue weighted by atomic mass is 16.3. The van der Waals surface area contributed by atoms with Crippen molar-refractivity contribution in [1.29, 1.82) is 0 Å². The Bertz CT molecular complexity index is 1170. The summed E-state index contributed by atoms with van der Waals surface area (Å²) in [5.74, 6) is 0.978. The van der Waals surface area contributed by atoms with Gasteiger partial charge in [0.05, 0.1) is 11.8 Å². The van der Waals surface area contributed by atoms with Gasteiger partial charge in [-0.05, 0) is 59.9 Å². The summed E-state index contributed by atoms with van der Waals surface area (Å²) in [6, 6.07) is 18.2. The zero-order chi connectivity index (χ0) is 19.6. The van der Waals surface area contributed by atoms with Crippen molar-refractivity contribution in [3.05, 3.63) is 78.5 Å². The van der Waals surface area contributed by atoms with E-state index in [-0.39, 0.29) is 5.91 Å². The zero-order valence-corrected chi connectivity index (χ0v) is 15.8. The van der Waals surface area contributed by atoms with Crippen LogP contribution in [0.2, 0.25) is 0 Å². The first-order valence-electron chi connectivity index (χ1n) is 9.68. The van der Waals surface area contributed by atoms with E-state index in [1.165, 1.54) is 19.1 Å². The quantitative estimate of drug-likeness (QED) is 0.515. The molecule has 1 amide bonds. The van der Waals surface area contributed by atoms with Gasteiger partial charge in [-0.1, -0.05) is 24.3 Å². The second kappa shape index (κ2) is 7.39. The van der Waals surface area contributed by atoms with Crippen LogP contribution in [-0.2, 0) is 6.54 Å². The first-order chi connectivity index (χ1) is 14.3. The van der Waals surface area contributed by atoms with Crippen molar-refractivity contribution in [3.8, 4) is 11.1 Å². The number of rotatable bonds is 6. The second-order valence-electron chi connectivity index (χ2n) is 7.23. The van der Waals surface area contributed by atoms with Crippen LogP contribution in [0.1, 0.15) is 29.0 Å². The third kappa shape index (κ3) is 3.82. The molecule has 1 aliphatic carbocycles. The summed E-state index contributed by atoms with van der Waals surface area (Å²) in [5.41, 5.74) is 4.11. The molecule has 1 saturated carbocycles. The molecule has 2 N–H and O–H groups in total. The van der Waals surface area contributed by atoms with Crippen molar-refractivity contribution >= 4 is 22.6 Å². The van der Waals surface area contributed by atoms with Gasteiger partial charge >= 0.3 is 0 Å². The number of carbonyl (C=O) groups excluding carboxylic acids is 1. The fourth-order valence-electron chi connectivity index (χ4n) is 3.31. The van der Waals surface area contributed by atoms with E-state index >= 15 is 0 Å². The van der Waals surface area contributed by atoms with Crippen molar-refractivity contribution in [2.75, 3.05) is 5.32 Å². The topological polar surface area (TPSA) is 80.0 Å². The molecule has 2 aromatic carbocycles. The average Bonchev–Trinajstić information content (AvgIpc) is 3.40. The number of carbonyl (C=O) groups is 1. The largest absolute Gasteiger partial charge is 0.459 e. The van der Waals surface area contributed by atoms with E-state index in [9.17, 15) is 4.79 Å². The van der Waals surface area contributed by atoms with E-state index in [1.54, 1.807) is 18.5 Å². The third-order valence-electron chi connectivity index (χ3n) is 5.01. The first kappa shape index (κ1) is 17.4. The summed E-state index contributed by atoms with van der Waals surface area (Å²) < 4.78 is 5.13. The maximum atomic E-state index is 12.1. The summed E-state index contributed by atoms with van der Waals surface area (Å²) >= 11 is 0. The molecule has 2 heterocycles. The average molecular weight is 384 g/mol. The van der Waals surface area contributed by atoms with Crippen LogP contribution in [0.5, 0.6) is 0 Å². The van der Waals surface area contributed by atoms with Crippen LogP contribution in [0.4, 0.5) is 5.82 Å². The Labute approximate surface area is 168 Å². The molecule has 6 heteroatoms. The maximum absolute atomic E-state index is 12.1. The Morgan fingerprint density at radius 3 is 2.76 bits per heavy atom. The number of furan rings is 1. The molecule has 0 radical (unpaired) electrons. The number of anilines is 1. The van der Waals surface area contributed by atoms with E-state index < -0.39 is 0 Å². The molecule has 5 rings (SSSR count). The van der Waals surface area contributed by atoms with Gasteiger partial charge in [0.15, 0.2) is 5.76 Å².